The van der Waals surface area contributed by atoms with Crippen molar-refractivity contribution in [3.05, 3.63) is 72.1 Å². The molecule has 0 aliphatic heterocycles. The highest BCUT2D eigenvalue weighted by atomic mass is 16.2. The lowest BCUT2D eigenvalue weighted by Gasteiger charge is -2.56. The van der Waals surface area contributed by atoms with E-state index in [0.29, 0.717) is 19.0 Å². The van der Waals surface area contributed by atoms with Crippen LogP contribution in [-0.2, 0) is 17.9 Å². The summed E-state index contributed by atoms with van der Waals surface area (Å²) in [6.45, 7) is 8.24. The molecule has 1 heterocycles. The van der Waals surface area contributed by atoms with Gasteiger partial charge in [-0.05, 0) is 80.9 Å². The zero-order valence-electron chi connectivity index (χ0n) is 18.2. The minimum atomic E-state index is -0.0915. The van der Waals surface area contributed by atoms with Gasteiger partial charge in [0.1, 0.15) is 0 Å². The van der Waals surface area contributed by atoms with Gasteiger partial charge in [-0.2, -0.15) is 0 Å². The number of aromatic nitrogens is 1. The van der Waals surface area contributed by atoms with Crippen molar-refractivity contribution in [2.45, 2.75) is 58.5 Å². The maximum atomic E-state index is 13.9. The first-order valence-electron chi connectivity index (χ1n) is 11.6. The van der Waals surface area contributed by atoms with E-state index < -0.39 is 0 Å². The summed E-state index contributed by atoms with van der Waals surface area (Å²) in [5.41, 5.74) is 3.70. The van der Waals surface area contributed by atoms with Crippen LogP contribution in [0.4, 0.5) is 0 Å². The Morgan fingerprint density at radius 2 is 1.83 bits per heavy atom. The van der Waals surface area contributed by atoms with Crippen LogP contribution in [0.2, 0.25) is 0 Å². The van der Waals surface area contributed by atoms with E-state index in [4.69, 9.17) is 0 Å². The summed E-state index contributed by atoms with van der Waals surface area (Å²) >= 11 is 0. The highest BCUT2D eigenvalue weighted by Gasteiger charge is 2.55. The molecule has 1 aromatic heterocycles. The highest BCUT2D eigenvalue weighted by molar-refractivity contribution is 5.83. The summed E-state index contributed by atoms with van der Waals surface area (Å²) in [7, 11) is 0. The van der Waals surface area contributed by atoms with Crippen LogP contribution in [0, 0.1) is 30.1 Å². The number of rotatable bonds is 7. The predicted octanol–water partition coefficient (Wildman–Crippen LogP) is 5.58. The fourth-order valence-corrected chi connectivity index (χ4v) is 7.03. The van der Waals surface area contributed by atoms with Crippen LogP contribution in [-0.4, -0.2) is 21.9 Å². The summed E-state index contributed by atoms with van der Waals surface area (Å²) in [5, 5.41) is 0. The standard InChI is InChI=1S/C27H34N2O/c1-3-9-29(26(30)27-15-22-12-23(16-27)14-24(13-22)17-27)19-25-8-5-10-28(25)18-21-7-4-6-20(2)11-21/h3-8,10-11,22-24H,1,9,12-19H2,2H3. The molecule has 0 radical (unpaired) electrons. The number of nitrogens with zero attached hydrogens (tertiary/aromatic N) is 2. The predicted molar refractivity (Wildman–Crippen MR) is 121 cm³/mol. The molecule has 4 fully saturated rings. The van der Waals surface area contributed by atoms with Crippen molar-refractivity contribution in [3.8, 4) is 0 Å². The average Bonchev–Trinajstić information content (AvgIpc) is 3.12. The van der Waals surface area contributed by atoms with Crippen molar-refractivity contribution < 1.29 is 4.79 Å². The molecule has 4 aliphatic rings. The van der Waals surface area contributed by atoms with Crippen LogP contribution in [0.5, 0.6) is 0 Å². The van der Waals surface area contributed by atoms with E-state index in [1.807, 2.05) is 6.08 Å². The topological polar surface area (TPSA) is 25.2 Å². The van der Waals surface area contributed by atoms with E-state index in [0.717, 1.165) is 43.6 Å². The SMILES string of the molecule is C=CCN(Cc1cccn1Cc1cccc(C)c1)C(=O)C12CC3CC(CC(C3)C1)C2. The van der Waals surface area contributed by atoms with Crippen LogP contribution in [0.3, 0.4) is 0 Å². The molecule has 0 N–H and O–H groups in total. The fourth-order valence-electron chi connectivity index (χ4n) is 7.03. The number of amides is 1. The Hall–Kier alpha value is -2.29. The molecule has 0 saturated heterocycles. The highest BCUT2D eigenvalue weighted by Crippen LogP contribution is 2.60. The minimum absolute atomic E-state index is 0.0915. The molecule has 30 heavy (non-hydrogen) atoms. The monoisotopic (exact) mass is 402 g/mol. The Bertz CT molecular complexity index is 905. The molecule has 0 atom stereocenters. The van der Waals surface area contributed by atoms with Gasteiger partial charge in [0, 0.05) is 25.0 Å². The molecule has 4 saturated carbocycles. The first kappa shape index (κ1) is 19.7. The Morgan fingerprint density at radius 3 is 2.47 bits per heavy atom. The molecule has 0 unspecified atom stereocenters. The summed E-state index contributed by atoms with van der Waals surface area (Å²) < 4.78 is 2.29. The second-order valence-corrected chi connectivity index (χ2v) is 10.3. The smallest absolute Gasteiger partial charge is 0.229 e. The molecule has 3 heteroatoms. The third kappa shape index (κ3) is 3.64. The Balaban J connectivity index is 1.36. The van der Waals surface area contributed by atoms with Gasteiger partial charge in [-0.1, -0.05) is 35.9 Å². The van der Waals surface area contributed by atoms with Gasteiger partial charge < -0.3 is 9.47 Å². The summed E-state index contributed by atoms with van der Waals surface area (Å²) in [4.78, 5) is 16.0. The zero-order chi connectivity index (χ0) is 20.7. The summed E-state index contributed by atoms with van der Waals surface area (Å²) in [6, 6.07) is 12.9. The van der Waals surface area contributed by atoms with E-state index in [-0.39, 0.29) is 5.41 Å². The van der Waals surface area contributed by atoms with Crippen LogP contribution in [0.1, 0.15) is 55.3 Å². The van der Waals surface area contributed by atoms with Gasteiger partial charge in [-0.15, -0.1) is 6.58 Å². The number of hydrogen-bond acceptors (Lipinski definition) is 1. The number of benzene rings is 1. The molecule has 2 aromatic rings. The quantitative estimate of drug-likeness (QED) is 0.555. The van der Waals surface area contributed by atoms with Crippen molar-refractivity contribution in [2.75, 3.05) is 6.54 Å². The maximum Gasteiger partial charge on any atom is 0.229 e. The minimum Gasteiger partial charge on any atom is -0.345 e. The molecule has 0 spiro atoms. The molecule has 158 valence electrons. The van der Waals surface area contributed by atoms with Crippen molar-refractivity contribution in [2.24, 2.45) is 23.2 Å². The Morgan fingerprint density at radius 1 is 1.13 bits per heavy atom. The molecular weight excluding hydrogens is 368 g/mol. The Labute approximate surface area is 180 Å². The second-order valence-electron chi connectivity index (χ2n) is 10.3. The summed E-state index contributed by atoms with van der Waals surface area (Å²) in [6.07, 6.45) is 11.5. The van der Waals surface area contributed by atoms with Crippen LogP contribution < -0.4 is 0 Å². The van der Waals surface area contributed by atoms with E-state index >= 15 is 0 Å². The van der Waals surface area contributed by atoms with Gasteiger partial charge in [-0.25, -0.2) is 0 Å². The van der Waals surface area contributed by atoms with Crippen LogP contribution in [0.25, 0.3) is 0 Å². The van der Waals surface area contributed by atoms with E-state index in [2.05, 4.69) is 65.6 Å². The van der Waals surface area contributed by atoms with E-state index in [9.17, 15) is 4.79 Å². The first-order chi connectivity index (χ1) is 14.5. The normalized spacial score (nSPS) is 29.2. The summed E-state index contributed by atoms with van der Waals surface area (Å²) in [5.74, 6) is 2.76. The first-order valence-corrected chi connectivity index (χ1v) is 11.6. The van der Waals surface area contributed by atoms with E-state index in [1.165, 1.54) is 36.1 Å². The molecule has 3 nitrogen and oxygen atoms in total. The van der Waals surface area contributed by atoms with Gasteiger partial charge in [-0.3, -0.25) is 4.79 Å². The average molecular weight is 403 g/mol. The molecule has 4 aliphatic carbocycles. The maximum absolute atomic E-state index is 13.9. The van der Waals surface area contributed by atoms with Crippen LogP contribution in [0.15, 0.2) is 55.3 Å². The molecule has 4 bridgehead atoms. The third-order valence-electron chi connectivity index (χ3n) is 7.84. The van der Waals surface area contributed by atoms with E-state index in [1.54, 1.807) is 0 Å². The number of carbonyl (C=O) groups excluding carboxylic acids is 1. The van der Waals surface area contributed by atoms with Gasteiger partial charge >= 0.3 is 0 Å². The molecular formula is C27H34N2O. The largest absolute Gasteiger partial charge is 0.345 e. The van der Waals surface area contributed by atoms with Crippen LogP contribution >= 0.6 is 0 Å². The van der Waals surface area contributed by atoms with Gasteiger partial charge in [0.05, 0.1) is 12.0 Å². The second kappa shape index (κ2) is 7.76. The zero-order valence-corrected chi connectivity index (χ0v) is 18.2. The third-order valence-corrected chi connectivity index (χ3v) is 7.84. The number of aryl methyl sites for hydroxylation is 1. The lowest BCUT2D eigenvalue weighted by atomic mass is 9.49. The van der Waals surface area contributed by atoms with Gasteiger partial charge in [0.2, 0.25) is 5.91 Å². The fraction of sp³-hybridized carbons (Fsp3) is 0.519. The molecule has 1 aromatic carbocycles. The van der Waals surface area contributed by atoms with Crippen molar-refractivity contribution in [1.82, 2.24) is 9.47 Å². The Kier molecular flexibility index (Phi) is 5.08. The van der Waals surface area contributed by atoms with Crippen molar-refractivity contribution in [3.63, 3.8) is 0 Å². The van der Waals surface area contributed by atoms with Gasteiger partial charge in [0.25, 0.3) is 0 Å². The number of hydrogen-bond donors (Lipinski definition) is 0. The van der Waals surface area contributed by atoms with Crippen molar-refractivity contribution in [1.29, 1.82) is 0 Å². The number of carbonyl (C=O) groups is 1. The molecule has 6 rings (SSSR count). The van der Waals surface area contributed by atoms with Gasteiger partial charge in [0.15, 0.2) is 0 Å². The van der Waals surface area contributed by atoms with Crippen molar-refractivity contribution >= 4 is 5.91 Å². The lowest BCUT2D eigenvalue weighted by Crippen LogP contribution is -2.54. The molecule has 1 amide bonds. The lowest BCUT2D eigenvalue weighted by molar-refractivity contribution is -0.157.